The molecule has 0 aliphatic rings. The van der Waals surface area contributed by atoms with Gasteiger partial charge >= 0.3 is 0 Å². The van der Waals surface area contributed by atoms with Gasteiger partial charge in [0, 0.05) is 42.0 Å². The van der Waals surface area contributed by atoms with E-state index in [1.54, 1.807) is 35.5 Å². The zero-order chi connectivity index (χ0) is 22.5. The predicted octanol–water partition coefficient (Wildman–Crippen LogP) is 4.11. The number of pyridine rings is 2. The number of imidazole rings is 1. The molecule has 33 heavy (non-hydrogen) atoms. The third-order valence-corrected chi connectivity index (χ3v) is 5.48. The first-order valence-electron chi connectivity index (χ1n) is 10.1. The van der Waals surface area contributed by atoms with E-state index < -0.39 is 5.82 Å². The maximum atomic E-state index is 14.1. The molecule has 9 nitrogen and oxygen atoms in total. The van der Waals surface area contributed by atoms with Crippen LogP contribution in [0.2, 0.25) is 0 Å². The van der Waals surface area contributed by atoms with Crippen molar-refractivity contribution < 1.29 is 9.13 Å². The molecule has 0 saturated heterocycles. The molecule has 0 amide bonds. The number of H-pyrrole nitrogens is 2. The minimum Gasteiger partial charge on any atom is -0.497 e. The van der Waals surface area contributed by atoms with E-state index in [4.69, 9.17) is 9.72 Å². The highest BCUT2D eigenvalue weighted by molar-refractivity contribution is 5.97. The van der Waals surface area contributed by atoms with Crippen molar-refractivity contribution in [2.24, 2.45) is 7.05 Å². The van der Waals surface area contributed by atoms with Gasteiger partial charge in [0.1, 0.15) is 17.3 Å². The Bertz CT molecular complexity index is 1650. The van der Waals surface area contributed by atoms with Crippen LogP contribution in [-0.2, 0) is 7.05 Å². The SMILES string of the molecule is COc1cc(F)cc(-c2cncc3[nH]c(-c4n[nH]c5cnc(-c6cnn(C)c6)cc45)nc23)c1. The Kier molecular flexibility index (Phi) is 4.19. The van der Waals surface area contributed by atoms with E-state index >= 15 is 0 Å². The molecule has 0 fully saturated rings. The van der Waals surface area contributed by atoms with Crippen molar-refractivity contribution >= 4 is 21.9 Å². The van der Waals surface area contributed by atoms with Crippen molar-refractivity contribution in [3.8, 4) is 39.7 Å². The number of rotatable bonds is 4. The summed E-state index contributed by atoms with van der Waals surface area (Å²) in [4.78, 5) is 16.9. The maximum Gasteiger partial charge on any atom is 0.159 e. The predicted molar refractivity (Wildman–Crippen MR) is 121 cm³/mol. The smallest absolute Gasteiger partial charge is 0.159 e. The fourth-order valence-corrected chi connectivity index (χ4v) is 3.90. The summed E-state index contributed by atoms with van der Waals surface area (Å²) < 4.78 is 21.1. The van der Waals surface area contributed by atoms with Gasteiger partial charge in [-0.25, -0.2) is 9.37 Å². The van der Waals surface area contributed by atoms with Gasteiger partial charge < -0.3 is 9.72 Å². The summed E-state index contributed by atoms with van der Waals surface area (Å²) in [5.41, 5.74) is 5.80. The molecule has 0 aliphatic heterocycles. The standard InChI is InChI=1S/C23H17FN8O/c1-32-11-13(7-27-32)18-6-16-19(10-26-18)30-31-22(16)23-28-20-9-25-8-17(21(20)29-23)12-3-14(24)5-15(4-12)33-2/h3-11H,1-2H3,(H,28,29)(H,30,31). The average Bonchev–Trinajstić information content (AvgIpc) is 3.55. The number of aromatic nitrogens is 8. The van der Waals surface area contributed by atoms with Crippen LogP contribution in [0.5, 0.6) is 5.75 Å². The third-order valence-electron chi connectivity index (χ3n) is 5.48. The monoisotopic (exact) mass is 440 g/mol. The number of aryl methyl sites for hydroxylation is 1. The summed E-state index contributed by atoms with van der Waals surface area (Å²) in [6.45, 7) is 0. The number of nitrogens with zero attached hydrogens (tertiary/aromatic N) is 6. The van der Waals surface area contributed by atoms with E-state index in [1.165, 1.54) is 19.2 Å². The lowest BCUT2D eigenvalue weighted by atomic mass is 10.1. The first-order valence-corrected chi connectivity index (χ1v) is 10.1. The highest BCUT2D eigenvalue weighted by Crippen LogP contribution is 2.33. The number of hydrogen-bond acceptors (Lipinski definition) is 6. The highest BCUT2D eigenvalue weighted by atomic mass is 19.1. The molecule has 0 aliphatic carbocycles. The zero-order valence-electron chi connectivity index (χ0n) is 17.7. The minimum absolute atomic E-state index is 0.397. The average molecular weight is 440 g/mol. The van der Waals surface area contributed by atoms with Crippen LogP contribution >= 0.6 is 0 Å². The van der Waals surface area contributed by atoms with E-state index in [1.807, 2.05) is 19.3 Å². The van der Waals surface area contributed by atoms with Gasteiger partial charge in [-0.1, -0.05) is 0 Å². The number of nitrogens with one attached hydrogen (secondary N) is 2. The van der Waals surface area contributed by atoms with Crippen molar-refractivity contribution in [2.45, 2.75) is 0 Å². The van der Waals surface area contributed by atoms with E-state index in [9.17, 15) is 4.39 Å². The Balaban J connectivity index is 1.50. The first kappa shape index (κ1) is 19.1. The van der Waals surface area contributed by atoms with Crippen LogP contribution < -0.4 is 4.74 Å². The first-order chi connectivity index (χ1) is 16.1. The molecule has 1 aromatic carbocycles. The number of hydrogen-bond donors (Lipinski definition) is 2. The molecule has 6 rings (SSSR count). The van der Waals surface area contributed by atoms with Crippen LogP contribution in [0.3, 0.4) is 0 Å². The summed E-state index contributed by atoms with van der Waals surface area (Å²) in [5.74, 6) is 0.592. The lowest BCUT2D eigenvalue weighted by Gasteiger charge is -2.06. The summed E-state index contributed by atoms with van der Waals surface area (Å²) in [6.07, 6.45) is 8.75. The molecule has 0 unspecified atom stereocenters. The fraction of sp³-hybridized carbons (Fsp3) is 0.0870. The van der Waals surface area contributed by atoms with Gasteiger partial charge in [0.25, 0.3) is 0 Å². The van der Waals surface area contributed by atoms with Crippen molar-refractivity contribution in [3.63, 3.8) is 0 Å². The number of ether oxygens (including phenoxy) is 1. The Morgan fingerprint density at radius 3 is 2.73 bits per heavy atom. The minimum atomic E-state index is -0.397. The van der Waals surface area contributed by atoms with E-state index in [0.717, 1.165) is 22.2 Å². The van der Waals surface area contributed by atoms with Crippen LogP contribution in [0, 0.1) is 5.82 Å². The molecule has 6 aromatic rings. The Morgan fingerprint density at radius 2 is 1.91 bits per heavy atom. The van der Waals surface area contributed by atoms with Crippen molar-refractivity contribution in [3.05, 3.63) is 61.1 Å². The molecule has 0 radical (unpaired) electrons. The highest BCUT2D eigenvalue weighted by Gasteiger charge is 2.17. The third kappa shape index (κ3) is 3.19. The number of methoxy groups -OCH3 is 1. The summed E-state index contributed by atoms with van der Waals surface area (Å²) in [7, 11) is 3.36. The number of halogens is 1. The number of benzene rings is 1. The molecule has 10 heteroatoms. The van der Waals surface area contributed by atoms with Crippen molar-refractivity contribution in [1.82, 2.24) is 39.9 Å². The molecule has 0 bridgehead atoms. The zero-order valence-corrected chi connectivity index (χ0v) is 17.7. The lowest BCUT2D eigenvalue weighted by Crippen LogP contribution is -1.89. The fourth-order valence-electron chi connectivity index (χ4n) is 3.90. The lowest BCUT2D eigenvalue weighted by molar-refractivity contribution is 0.411. The van der Waals surface area contributed by atoms with Gasteiger partial charge in [0.15, 0.2) is 5.82 Å². The van der Waals surface area contributed by atoms with Crippen LogP contribution in [0.25, 0.3) is 55.8 Å². The number of aromatic amines is 2. The Morgan fingerprint density at radius 1 is 1.00 bits per heavy atom. The Labute approximate surface area is 186 Å². The topological polar surface area (TPSA) is 110 Å². The molecular formula is C23H17FN8O. The van der Waals surface area contributed by atoms with Crippen molar-refractivity contribution in [1.29, 1.82) is 0 Å². The molecule has 2 N–H and O–H groups in total. The van der Waals surface area contributed by atoms with E-state index in [-0.39, 0.29) is 0 Å². The molecule has 0 saturated carbocycles. The second-order valence-corrected chi connectivity index (χ2v) is 7.64. The largest absolute Gasteiger partial charge is 0.497 e. The molecule has 5 aromatic heterocycles. The number of fused-ring (bicyclic) bond motifs is 2. The normalized spacial score (nSPS) is 11.5. The second kappa shape index (κ2) is 7.23. The molecule has 0 atom stereocenters. The van der Waals surface area contributed by atoms with Crippen LogP contribution in [-0.4, -0.2) is 47.0 Å². The van der Waals surface area contributed by atoms with Gasteiger partial charge in [-0.3, -0.25) is 19.7 Å². The van der Waals surface area contributed by atoms with Gasteiger partial charge in [0.05, 0.1) is 47.9 Å². The molecule has 162 valence electrons. The molecule has 0 spiro atoms. The van der Waals surface area contributed by atoms with E-state index in [0.29, 0.717) is 39.4 Å². The summed E-state index contributed by atoms with van der Waals surface area (Å²) in [6, 6.07) is 6.47. The van der Waals surface area contributed by atoms with Crippen LogP contribution in [0.4, 0.5) is 4.39 Å². The molecule has 5 heterocycles. The van der Waals surface area contributed by atoms with Crippen LogP contribution in [0.15, 0.2) is 55.2 Å². The Hall–Kier alpha value is -4.60. The second-order valence-electron chi connectivity index (χ2n) is 7.64. The quantitative estimate of drug-likeness (QED) is 0.427. The summed E-state index contributed by atoms with van der Waals surface area (Å²) in [5, 5.41) is 12.6. The van der Waals surface area contributed by atoms with Gasteiger partial charge in [-0.2, -0.15) is 10.2 Å². The van der Waals surface area contributed by atoms with Gasteiger partial charge in [-0.15, -0.1) is 0 Å². The van der Waals surface area contributed by atoms with E-state index in [2.05, 4.69) is 30.2 Å². The van der Waals surface area contributed by atoms with Crippen molar-refractivity contribution in [2.75, 3.05) is 7.11 Å². The van der Waals surface area contributed by atoms with Gasteiger partial charge in [0.2, 0.25) is 0 Å². The summed E-state index contributed by atoms with van der Waals surface area (Å²) >= 11 is 0. The van der Waals surface area contributed by atoms with Gasteiger partial charge in [-0.05, 0) is 23.8 Å². The maximum absolute atomic E-state index is 14.1. The molecular weight excluding hydrogens is 423 g/mol. The van der Waals surface area contributed by atoms with Crippen LogP contribution in [0.1, 0.15) is 0 Å².